The van der Waals surface area contributed by atoms with Crippen LogP contribution in [0.2, 0.25) is 0 Å². The van der Waals surface area contributed by atoms with Gasteiger partial charge in [-0.25, -0.2) is 9.18 Å². The van der Waals surface area contributed by atoms with E-state index in [2.05, 4.69) is 15.6 Å². The molecule has 0 fully saturated rings. The molecule has 0 atom stereocenters. The second-order valence-corrected chi connectivity index (χ2v) is 7.97. The van der Waals surface area contributed by atoms with E-state index >= 15 is 0 Å². The van der Waals surface area contributed by atoms with Crippen molar-refractivity contribution in [1.29, 1.82) is 0 Å². The predicted octanol–water partition coefficient (Wildman–Crippen LogP) is 4.35. The molecule has 0 aliphatic heterocycles. The number of ether oxygens (including phenoxy) is 2. The number of benzene rings is 2. The molecule has 34 heavy (non-hydrogen) atoms. The first kappa shape index (κ1) is 23.1. The Kier molecular flexibility index (Phi) is 7.31. The van der Waals surface area contributed by atoms with E-state index in [9.17, 15) is 14.0 Å². The maximum atomic E-state index is 13.1. The Morgan fingerprint density at radius 1 is 1.12 bits per heavy atom. The van der Waals surface area contributed by atoms with E-state index in [4.69, 9.17) is 14.6 Å². The van der Waals surface area contributed by atoms with Gasteiger partial charge in [0.1, 0.15) is 18.2 Å². The number of hydrogen-bond donors (Lipinski definition) is 3. The minimum absolute atomic E-state index is 0.0924. The fraction of sp³-hybridized carbons (Fsp3) is 0.125. The van der Waals surface area contributed by atoms with Crippen molar-refractivity contribution in [3.05, 3.63) is 83.2 Å². The highest BCUT2D eigenvalue weighted by molar-refractivity contribution is 7.17. The van der Waals surface area contributed by atoms with E-state index in [1.807, 2.05) is 5.38 Å². The molecule has 0 saturated carbocycles. The van der Waals surface area contributed by atoms with Gasteiger partial charge in [0.2, 0.25) is 0 Å². The number of pyridine rings is 1. The molecule has 8 nitrogen and oxygen atoms in total. The molecule has 4 rings (SSSR count). The van der Waals surface area contributed by atoms with Gasteiger partial charge in [-0.15, -0.1) is 11.3 Å². The Labute approximate surface area is 198 Å². The maximum Gasteiger partial charge on any atom is 0.412 e. The van der Waals surface area contributed by atoms with Crippen LogP contribution in [0.1, 0.15) is 15.9 Å². The third kappa shape index (κ3) is 5.66. The van der Waals surface area contributed by atoms with Gasteiger partial charge in [-0.1, -0.05) is 6.07 Å². The third-order valence-electron chi connectivity index (χ3n) is 4.71. The molecule has 174 valence electrons. The Morgan fingerprint density at radius 2 is 1.94 bits per heavy atom. The van der Waals surface area contributed by atoms with Crippen LogP contribution in [0.25, 0.3) is 10.1 Å². The second kappa shape index (κ2) is 10.7. The second-order valence-electron chi connectivity index (χ2n) is 7.09. The zero-order valence-corrected chi connectivity index (χ0v) is 18.6. The number of thiophene rings is 1. The number of hydrogen-bond acceptors (Lipinski definition) is 7. The average Bonchev–Trinajstić information content (AvgIpc) is 3.26. The van der Waals surface area contributed by atoms with E-state index in [0.717, 1.165) is 15.6 Å². The van der Waals surface area contributed by atoms with Crippen LogP contribution in [0.4, 0.5) is 14.9 Å². The molecule has 0 bridgehead atoms. The number of halogens is 1. The minimum atomic E-state index is -0.672. The summed E-state index contributed by atoms with van der Waals surface area (Å²) < 4.78 is 25.0. The Hall–Kier alpha value is -4.02. The molecule has 0 radical (unpaired) electrons. The van der Waals surface area contributed by atoms with Crippen molar-refractivity contribution in [3.8, 4) is 11.5 Å². The number of anilines is 1. The van der Waals surface area contributed by atoms with Gasteiger partial charge >= 0.3 is 6.09 Å². The lowest BCUT2D eigenvalue weighted by Crippen LogP contribution is -2.29. The summed E-state index contributed by atoms with van der Waals surface area (Å²) in [5.74, 6) is 0.0871. The molecule has 2 heterocycles. The summed E-state index contributed by atoms with van der Waals surface area (Å²) in [7, 11) is 0. The van der Waals surface area contributed by atoms with Gasteiger partial charge in [0.25, 0.3) is 5.91 Å². The molecule has 10 heteroatoms. The molecule has 2 amide bonds. The third-order valence-corrected chi connectivity index (χ3v) is 5.76. The Morgan fingerprint density at radius 3 is 2.74 bits per heavy atom. The number of amides is 2. The van der Waals surface area contributed by atoms with Gasteiger partial charge in [0.05, 0.1) is 17.5 Å². The molecular weight excluding hydrogens is 461 g/mol. The van der Waals surface area contributed by atoms with Crippen molar-refractivity contribution in [2.75, 3.05) is 18.5 Å². The van der Waals surface area contributed by atoms with E-state index in [1.54, 1.807) is 30.5 Å². The number of aliphatic hydroxyl groups excluding tert-OH is 1. The van der Waals surface area contributed by atoms with Crippen LogP contribution in [0.5, 0.6) is 11.5 Å². The fourth-order valence-electron chi connectivity index (χ4n) is 3.08. The van der Waals surface area contributed by atoms with Gasteiger partial charge in [0.15, 0.2) is 5.75 Å². The lowest BCUT2D eigenvalue weighted by atomic mass is 10.2. The number of rotatable bonds is 8. The minimum Gasteiger partial charge on any atom is -0.489 e. The van der Waals surface area contributed by atoms with E-state index in [0.29, 0.717) is 22.7 Å². The van der Waals surface area contributed by atoms with Crippen LogP contribution in [0.3, 0.4) is 0 Å². The lowest BCUT2D eigenvalue weighted by Gasteiger charge is -2.09. The largest absolute Gasteiger partial charge is 0.489 e. The first-order valence-electron chi connectivity index (χ1n) is 10.2. The van der Waals surface area contributed by atoms with Crippen LogP contribution < -0.4 is 20.1 Å². The zero-order chi connectivity index (χ0) is 23.9. The number of carbonyl (C=O) groups is 2. The normalized spacial score (nSPS) is 10.6. The molecule has 0 spiro atoms. The summed E-state index contributed by atoms with van der Waals surface area (Å²) >= 11 is 1.39. The SMILES string of the molecule is O=C(NCCO)Oc1cncc2c(COc3cccc(NC(=O)c4ccc(F)cc4)c3)csc12. The Balaban J connectivity index is 1.42. The summed E-state index contributed by atoms with van der Waals surface area (Å²) in [6, 6.07) is 12.2. The topological polar surface area (TPSA) is 110 Å². The lowest BCUT2D eigenvalue weighted by molar-refractivity contribution is 0.102. The van der Waals surface area contributed by atoms with Crippen LogP contribution >= 0.6 is 11.3 Å². The van der Waals surface area contributed by atoms with Gasteiger partial charge in [-0.05, 0) is 41.8 Å². The molecule has 0 saturated heterocycles. The summed E-state index contributed by atoms with van der Waals surface area (Å²) in [6.45, 7) is 0.140. The quantitative estimate of drug-likeness (QED) is 0.345. The zero-order valence-electron chi connectivity index (χ0n) is 17.8. The number of aliphatic hydroxyl groups is 1. The molecule has 2 aromatic heterocycles. The number of carbonyl (C=O) groups excluding carboxylic acids is 2. The predicted molar refractivity (Wildman–Crippen MR) is 126 cm³/mol. The molecular formula is C24H20FN3O5S. The van der Waals surface area contributed by atoms with Crippen molar-refractivity contribution >= 4 is 39.1 Å². The molecule has 0 aliphatic carbocycles. The number of nitrogens with one attached hydrogen (secondary N) is 2. The standard InChI is InChI=1S/C24H20FN3O5S/c25-17-6-4-15(5-7-17)23(30)28-18-2-1-3-19(10-18)32-13-16-14-34-22-20(16)11-26-12-21(22)33-24(31)27-8-9-29/h1-7,10-12,14,29H,8-9,13H2,(H,27,31)(H,28,30). The molecule has 4 aromatic rings. The highest BCUT2D eigenvalue weighted by atomic mass is 32.1. The summed E-state index contributed by atoms with van der Waals surface area (Å²) in [5.41, 5.74) is 1.73. The van der Waals surface area contributed by atoms with Gasteiger partial charge in [-0.2, -0.15) is 0 Å². The van der Waals surface area contributed by atoms with Crippen molar-refractivity contribution in [2.45, 2.75) is 6.61 Å². The molecule has 3 N–H and O–H groups in total. The van der Waals surface area contributed by atoms with E-state index in [1.165, 1.54) is 41.8 Å². The smallest absolute Gasteiger partial charge is 0.412 e. The van der Waals surface area contributed by atoms with Crippen molar-refractivity contribution in [1.82, 2.24) is 10.3 Å². The average molecular weight is 482 g/mol. The van der Waals surface area contributed by atoms with Crippen LogP contribution in [0.15, 0.2) is 66.3 Å². The highest BCUT2D eigenvalue weighted by Crippen LogP contribution is 2.33. The van der Waals surface area contributed by atoms with Crippen LogP contribution in [-0.2, 0) is 6.61 Å². The van der Waals surface area contributed by atoms with E-state index < -0.39 is 11.9 Å². The highest BCUT2D eigenvalue weighted by Gasteiger charge is 2.13. The van der Waals surface area contributed by atoms with Gasteiger partial charge in [0, 0.05) is 41.0 Å². The number of fused-ring (bicyclic) bond motifs is 1. The summed E-state index contributed by atoms with van der Waals surface area (Å²) in [6.07, 6.45) is 2.45. The Bertz CT molecular complexity index is 1310. The number of aromatic nitrogens is 1. The van der Waals surface area contributed by atoms with Crippen LogP contribution in [0, 0.1) is 5.82 Å². The van der Waals surface area contributed by atoms with Gasteiger partial charge < -0.3 is 25.2 Å². The van der Waals surface area contributed by atoms with E-state index in [-0.39, 0.29) is 25.7 Å². The van der Waals surface area contributed by atoms with Crippen molar-refractivity contribution in [2.24, 2.45) is 0 Å². The van der Waals surface area contributed by atoms with Crippen molar-refractivity contribution < 1.29 is 28.6 Å². The van der Waals surface area contributed by atoms with Crippen LogP contribution in [-0.4, -0.2) is 35.2 Å². The summed E-state index contributed by atoms with van der Waals surface area (Å²) in [4.78, 5) is 28.3. The molecule has 0 aliphatic rings. The molecule has 0 unspecified atom stereocenters. The van der Waals surface area contributed by atoms with Gasteiger partial charge in [-0.3, -0.25) is 9.78 Å². The summed E-state index contributed by atoms with van der Waals surface area (Å²) in [5, 5.41) is 16.7. The van der Waals surface area contributed by atoms with Crippen molar-refractivity contribution in [3.63, 3.8) is 0 Å². The first-order chi connectivity index (χ1) is 16.5. The maximum absolute atomic E-state index is 13.1. The first-order valence-corrected chi connectivity index (χ1v) is 11.1. The fourth-order valence-corrected chi connectivity index (χ4v) is 4.06. The monoisotopic (exact) mass is 481 g/mol. The molecule has 2 aromatic carbocycles. The number of nitrogens with zero attached hydrogens (tertiary/aromatic N) is 1.